The molecule has 0 spiro atoms. The van der Waals surface area contributed by atoms with Gasteiger partial charge in [-0.2, -0.15) is 0 Å². The van der Waals surface area contributed by atoms with Gasteiger partial charge in [-0.25, -0.2) is 4.79 Å². The topological polar surface area (TPSA) is 81.2 Å². The Morgan fingerprint density at radius 2 is 1.90 bits per heavy atom. The second-order valence-corrected chi connectivity index (χ2v) is 6.02. The molecule has 1 N–H and O–H groups in total. The summed E-state index contributed by atoms with van der Waals surface area (Å²) in [5.74, 6) is -1.19. The van der Waals surface area contributed by atoms with Crippen molar-refractivity contribution in [3.8, 4) is 0 Å². The number of likely N-dealkylation sites (N-methyl/N-ethyl adjacent to an activating group) is 1. The van der Waals surface area contributed by atoms with Gasteiger partial charge in [0, 0.05) is 25.7 Å². The van der Waals surface area contributed by atoms with E-state index in [-0.39, 0.29) is 19.0 Å². The zero-order chi connectivity index (χ0) is 15.5. The molecule has 0 aliphatic carbocycles. The predicted octanol–water partition coefficient (Wildman–Crippen LogP) is 0.456. The van der Waals surface area contributed by atoms with E-state index in [4.69, 9.17) is 5.11 Å². The van der Waals surface area contributed by atoms with Crippen LogP contribution in [-0.4, -0.2) is 76.5 Å². The van der Waals surface area contributed by atoms with Crippen LogP contribution < -0.4 is 0 Å². The maximum absolute atomic E-state index is 12.5. The number of hydrogen-bond acceptors (Lipinski definition) is 3. The third-order valence-electron chi connectivity index (χ3n) is 3.28. The van der Waals surface area contributed by atoms with Gasteiger partial charge in [0.25, 0.3) is 0 Å². The number of carbonyl (C=O) groups is 3. The van der Waals surface area contributed by atoms with Gasteiger partial charge in [0.2, 0.25) is 5.91 Å². The van der Waals surface area contributed by atoms with Gasteiger partial charge < -0.3 is 19.8 Å². The van der Waals surface area contributed by atoms with Crippen molar-refractivity contribution >= 4 is 17.9 Å². The third kappa shape index (κ3) is 4.11. The van der Waals surface area contributed by atoms with Crippen molar-refractivity contribution < 1.29 is 19.5 Å². The van der Waals surface area contributed by atoms with Crippen LogP contribution in [0.2, 0.25) is 0 Å². The summed E-state index contributed by atoms with van der Waals surface area (Å²) in [6.07, 6.45) is 0.693. The lowest BCUT2D eigenvalue weighted by Crippen LogP contribution is -2.54. The van der Waals surface area contributed by atoms with E-state index < -0.39 is 17.5 Å². The number of carboxylic acid groups (broad SMARTS) is 1. The number of carbonyl (C=O) groups excluding carboxylic acids is 2. The van der Waals surface area contributed by atoms with Gasteiger partial charge in [0.1, 0.15) is 13.1 Å². The Balaban J connectivity index is 2.88. The number of urea groups is 1. The first-order valence-electron chi connectivity index (χ1n) is 6.65. The summed E-state index contributed by atoms with van der Waals surface area (Å²) in [7, 11) is 1.70. The van der Waals surface area contributed by atoms with Crippen molar-refractivity contribution in [2.45, 2.75) is 32.7 Å². The summed E-state index contributed by atoms with van der Waals surface area (Å²) in [5, 5.41) is 8.96. The Morgan fingerprint density at radius 1 is 1.30 bits per heavy atom. The van der Waals surface area contributed by atoms with Crippen LogP contribution in [0.25, 0.3) is 0 Å². The normalized spacial score (nSPS) is 16.9. The molecule has 1 saturated heterocycles. The van der Waals surface area contributed by atoms with E-state index >= 15 is 0 Å². The zero-order valence-electron chi connectivity index (χ0n) is 12.5. The average Bonchev–Trinajstić information content (AvgIpc) is 2.47. The quantitative estimate of drug-likeness (QED) is 0.799. The minimum atomic E-state index is -1.06. The lowest BCUT2D eigenvalue weighted by molar-refractivity contribution is -0.138. The number of nitrogens with zero attached hydrogens (tertiary/aromatic N) is 3. The lowest BCUT2D eigenvalue weighted by atomic mass is 10.1. The van der Waals surface area contributed by atoms with Crippen molar-refractivity contribution in [2.75, 3.05) is 33.2 Å². The first-order chi connectivity index (χ1) is 9.12. The highest BCUT2D eigenvalue weighted by molar-refractivity contribution is 5.86. The Hall–Kier alpha value is -1.79. The van der Waals surface area contributed by atoms with Crippen LogP contribution in [0.1, 0.15) is 27.2 Å². The van der Waals surface area contributed by atoms with Gasteiger partial charge >= 0.3 is 12.0 Å². The van der Waals surface area contributed by atoms with Gasteiger partial charge in [-0.1, -0.05) is 0 Å². The molecule has 1 heterocycles. The van der Waals surface area contributed by atoms with Crippen LogP contribution >= 0.6 is 0 Å². The molecule has 0 radical (unpaired) electrons. The number of hydrogen-bond donors (Lipinski definition) is 1. The van der Waals surface area contributed by atoms with Crippen LogP contribution in [-0.2, 0) is 9.59 Å². The monoisotopic (exact) mass is 285 g/mol. The van der Waals surface area contributed by atoms with Gasteiger partial charge in [-0.3, -0.25) is 9.59 Å². The minimum absolute atomic E-state index is 0.00152. The van der Waals surface area contributed by atoms with Crippen molar-refractivity contribution in [3.05, 3.63) is 0 Å². The van der Waals surface area contributed by atoms with Gasteiger partial charge in [0.05, 0.1) is 0 Å². The highest BCUT2D eigenvalue weighted by atomic mass is 16.4. The molecule has 0 unspecified atom stereocenters. The second-order valence-electron chi connectivity index (χ2n) is 6.02. The molecule has 1 aliphatic rings. The SMILES string of the molecule is CN1CCCN(C(=O)N(CC(=O)O)C(C)(C)C)CC1=O. The lowest BCUT2D eigenvalue weighted by Gasteiger charge is -2.37. The first kappa shape index (κ1) is 16.3. The van der Waals surface area contributed by atoms with E-state index in [1.165, 1.54) is 9.80 Å². The molecule has 1 rings (SSSR count). The van der Waals surface area contributed by atoms with E-state index in [0.29, 0.717) is 19.5 Å². The molecule has 20 heavy (non-hydrogen) atoms. The molecule has 1 aliphatic heterocycles. The molecule has 0 bridgehead atoms. The Bertz CT molecular complexity index is 403. The summed E-state index contributed by atoms with van der Waals surface area (Å²) in [5.41, 5.74) is -0.614. The summed E-state index contributed by atoms with van der Waals surface area (Å²) in [6.45, 7) is 6.03. The van der Waals surface area contributed by atoms with E-state index in [1.807, 2.05) is 0 Å². The van der Waals surface area contributed by atoms with Crippen LogP contribution in [0, 0.1) is 0 Å². The molecule has 0 saturated carbocycles. The average molecular weight is 285 g/mol. The fourth-order valence-electron chi connectivity index (χ4n) is 2.05. The number of aliphatic carboxylic acids is 1. The molecule has 0 aromatic carbocycles. The molecule has 1 fully saturated rings. The van der Waals surface area contributed by atoms with Crippen molar-refractivity contribution in [1.82, 2.24) is 14.7 Å². The highest BCUT2D eigenvalue weighted by Crippen LogP contribution is 2.17. The minimum Gasteiger partial charge on any atom is -0.480 e. The fraction of sp³-hybridized carbons (Fsp3) is 0.769. The molecule has 7 heteroatoms. The summed E-state index contributed by atoms with van der Waals surface area (Å²) in [6, 6.07) is -0.399. The predicted molar refractivity (Wildman–Crippen MR) is 73.3 cm³/mol. The Morgan fingerprint density at radius 3 is 2.40 bits per heavy atom. The van der Waals surface area contributed by atoms with Crippen LogP contribution in [0.15, 0.2) is 0 Å². The van der Waals surface area contributed by atoms with Gasteiger partial charge in [-0.05, 0) is 27.2 Å². The second kappa shape index (κ2) is 6.11. The molecular weight excluding hydrogens is 262 g/mol. The number of rotatable bonds is 2. The van der Waals surface area contributed by atoms with E-state index in [1.54, 1.807) is 32.7 Å². The first-order valence-corrected chi connectivity index (χ1v) is 6.65. The van der Waals surface area contributed by atoms with Crippen LogP contribution in [0.3, 0.4) is 0 Å². The number of amides is 3. The molecule has 0 aromatic rings. The maximum Gasteiger partial charge on any atom is 0.323 e. The molecule has 3 amide bonds. The van der Waals surface area contributed by atoms with E-state index in [2.05, 4.69) is 0 Å². The van der Waals surface area contributed by atoms with Crippen molar-refractivity contribution in [1.29, 1.82) is 0 Å². The largest absolute Gasteiger partial charge is 0.480 e. The van der Waals surface area contributed by atoms with Gasteiger partial charge in [0.15, 0.2) is 0 Å². The molecule has 0 atom stereocenters. The van der Waals surface area contributed by atoms with Crippen molar-refractivity contribution in [3.63, 3.8) is 0 Å². The molecule has 0 aromatic heterocycles. The maximum atomic E-state index is 12.5. The standard InChI is InChI=1S/C13H23N3O4/c1-13(2,3)16(9-11(18)19)12(20)15-7-5-6-14(4)10(17)8-15/h5-9H2,1-4H3,(H,18,19). The smallest absolute Gasteiger partial charge is 0.323 e. The molecule has 114 valence electrons. The zero-order valence-corrected chi connectivity index (χ0v) is 12.5. The van der Waals surface area contributed by atoms with E-state index in [0.717, 1.165) is 0 Å². The Kier molecular flexibility index (Phi) is 4.97. The van der Waals surface area contributed by atoms with Crippen LogP contribution in [0.5, 0.6) is 0 Å². The van der Waals surface area contributed by atoms with Crippen LogP contribution in [0.4, 0.5) is 4.79 Å². The highest BCUT2D eigenvalue weighted by Gasteiger charge is 2.33. The summed E-state index contributed by atoms with van der Waals surface area (Å²) in [4.78, 5) is 39.6. The van der Waals surface area contributed by atoms with Gasteiger partial charge in [-0.15, -0.1) is 0 Å². The summed E-state index contributed by atoms with van der Waals surface area (Å²) >= 11 is 0. The Labute approximate surface area is 119 Å². The molecular formula is C13H23N3O4. The molecule has 7 nitrogen and oxygen atoms in total. The fourth-order valence-corrected chi connectivity index (χ4v) is 2.05. The third-order valence-corrected chi connectivity index (χ3v) is 3.28. The van der Waals surface area contributed by atoms with Crippen molar-refractivity contribution in [2.24, 2.45) is 0 Å². The van der Waals surface area contributed by atoms with E-state index in [9.17, 15) is 14.4 Å². The number of carboxylic acids is 1. The summed E-state index contributed by atoms with van der Waals surface area (Å²) < 4.78 is 0.